The molecule has 1 fully saturated rings. The van der Waals surface area contributed by atoms with Gasteiger partial charge >= 0.3 is 0 Å². The van der Waals surface area contributed by atoms with Crippen LogP contribution >= 0.6 is 0 Å². The molecule has 5 N–H and O–H groups in total. The van der Waals surface area contributed by atoms with Gasteiger partial charge in [-0.1, -0.05) is 6.42 Å². The van der Waals surface area contributed by atoms with Gasteiger partial charge in [0.05, 0.1) is 0 Å². The summed E-state index contributed by atoms with van der Waals surface area (Å²) < 4.78 is 0. The molecule has 4 heteroatoms. The molecule has 0 radical (unpaired) electrons. The molecule has 2 unspecified atom stereocenters. The minimum absolute atomic E-state index is 0.350. The summed E-state index contributed by atoms with van der Waals surface area (Å²) in [5.74, 6) is 5.30. The van der Waals surface area contributed by atoms with Crippen molar-refractivity contribution in [2.45, 2.75) is 38.3 Å². The van der Waals surface area contributed by atoms with Crippen LogP contribution < -0.4 is 17.0 Å². The number of nitrogens with two attached hydrogens (primary N) is 2. The second-order valence-electron chi connectivity index (χ2n) is 4.01. The van der Waals surface area contributed by atoms with Gasteiger partial charge < -0.3 is 5.73 Å². The molecule has 0 bridgehead atoms. The summed E-state index contributed by atoms with van der Waals surface area (Å²) in [6, 6.07) is 0.844. The van der Waals surface area contributed by atoms with Crippen LogP contribution in [0.2, 0.25) is 0 Å². The summed E-state index contributed by atoms with van der Waals surface area (Å²) in [5.41, 5.74) is 8.68. The minimum Gasteiger partial charge on any atom is -0.327 e. The van der Waals surface area contributed by atoms with E-state index in [-0.39, 0.29) is 0 Å². The highest BCUT2D eigenvalue weighted by molar-refractivity contribution is 4.77. The Morgan fingerprint density at radius 2 is 2.31 bits per heavy atom. The molecule has 1 aliphatic rings. The Bertz CT molecular complexity index is 140. The van der Waals surface area contributed by atoms with Crippen LogP contribution in [0.25, 0.3) is 0 Å². The van der Waals surface area contributed by atoms with Gasteiger partial charge in [0.15, 0.2) is 0 Å². The number of rotatable bonds is 3. The Morgan fingerprint density at radius 3 is 3.00 bits per heavy atom. The van der Waals surface area contributed by atoms with Crippen molar-refractivity contribution < 1.29 is 0 Å². The Labute approximate surface area is 80.6 Å². The zero-order chi connectivity index (χ0) is 9.68. The number of hydrazine groups is 1. The molecular weight excluding hydrogens is 164 g/mol. The molecule has 1 aliphatic heterocycles. The predicted octanol–water partition coefficient (Wildman–Crippen LogP) is -0.349. The molecule has 2 atom stereocenters. The first kappa shape index (κ1) is 10.9. The Balaban J connectivity index is 2.37. The number of nitrogens with one attached hydrogen (secondary N) is 1. The molecule has 0 aromatic carbocycles. The zero-order valence-corrected chi connectivity index (χ0v) is 8.50. The van der Waals surface area contributed by atoms with Crippen LogP contribution in [-0.4, -0.2) is 36.6 Å². The average Bonchev–Trinajstić information content (AvgIpc) is 2.30. The molecule has 0 aromatic rings. The lowest BCUT2D eigenvalue weighted by atomic mass is 10.1. The molecule has 1 rings (SSSR count). The maximum atomic E-state index is 5.97. The standard InChI is InChI=1S/C9H22N4/c1-8(6-12-11)13-5-3-2-4-9(10)7-13/h8-9,12H,2-7,10-11H2,1H3. The second-order valence-corrected chi connectivity index (χ2v) is 4.01. The Morgan fingerprint density at radius 1 is 1.54 bits per heavy atom. The van der Waals surface area contributed by atoms with Crippen LogP contribution in [0.1, 0.15) is 26.2 Å². The molecule has 0 aliphatic carbocycles. The topological polar surface area (TPSA) is 67.3 Å². The van der Waals surface area contributed by atoms with E-state index in [9.17, 15) is 0 Å². The van der Waals surface area contributed by atoms with E-state index in [0.717, 1.165) is 19.6 Å². The van der Waals surface area contributed by atoms with Crippen LogP contribution in [0.15, 0.2) is 0 Å². The smallest absolute Gasteiger partial charge is 0.0251 e. The van der Waals surface area contributed by atoms with E-state index in [1.807, 2.05) is 0 Å². The van der Waals surface area contributed by atoms with Crippen molar-refractivity contribution in [1.29, 1.82) is 0 Å². The first-order valence-electron chi connectivity index (χ1n) is 5.17. The quantitative estimate of drug-likeness (QED) is 0.416. The lowest BCUT2D eigenvalue weighted by Gasteiger charge is -2.28. The van der Waals surface area contributed by atoms with Crippen molar-refractivity contribution in [2.75, 3.05) is 19.6 Å². The van der Waals surface area contributed by atoms with Gasteiger partial charge in [0.2, 0.25) is 0 Å². The first-order valence-corrected chi connectivity index (χ1v) is 5.17. The fourth-order valence-electron chi connectivity index (χ4n) is 1.91. The molecule has 1 heterocycles. The minimum atomic E-state index is 0.350. The number of hydrogen-bond donors (Lipinski definition) is 3. The van der Waals surface area contributed by atoms with Gasteiger partial charge in [-0.25, -0.2) is 0 Å². The zero-order valence-electron chi connectivity index (χ0n) is 8.50. The van der Waals surface area contributed by atoms with E-state index in [2.05, 4.69) is 17.2 Å². The van der Waals surface area contributed by atoms with Crippen molar-refractivity contribution >= 4 is 0 Å². The average molecular weight is 186 g/mol. The van der Waals surface area contributed by atoms with Crippen molar-refractivity contribution in [3.63, 3.8) is 0 Å². The summed E-state index contributed by atoms with van der Waals surface area (Å²) in [6.07, 6.45) is 3.70. The summed E-state index contributed by atoms with van der Waals surface area (Å²) in [4.78, 5) is 2.43. The number of likely N-dealkylation sites (tertiary alicyclic amines) is 1. The van der Waals surface area contributed by atoms with Gasteiger partial charge in [0.1, 0.15) is 0 Å². The molecule has 0 amide bonds. The Kier molecular flexibility index (Phi) is 4.66. The number of hydrogen-bond acceptors (Lipinski definition) is 4. The normalized spacial score (nSPS) is 28.4. The van der Waals surface area contributed by atoms with Gasteiger partial charge in [-0.2, -0.15) is 0 Å². The van der Waals surface area contributed by atoms with Crippen LogP contribution in [-0.2, 0) is 0 Å². The van der Waals surface area contributed by atoms with E-state index in [1.165, 1.54) is 19.3 Å². The maximum absolute atomic E-state index is 5.97. The molecule has 4 nitrogen and oxygen atoms in total. The van der Waals surface area contributed by atoms with Crippen molar-refractivity contribution in [1.82, 2.24) is 10.3 Å². The number of nitrogens with zero attached hydrogens (tertiary/aromatic N) is 1. The van der Waals surface area contributed by atoms with Gasteiger partial charge in [0.25, 0.3) is 0 Å². The SMILES string of the molecule is CC(CNN)N1CCCCC(N)C1. The van der Waals surface area contributed by atoms with Gasteiger partial charge in [0, 0.05) is 25.2 Å². The summed E-state index contributed by atoms with van der Waals surface area (Å²) >= 11 is 0. The van der Waals surface area contributed by atoms with Crippen LogP contribution in [0.3, 0.4) is 0 Å². The predicted molar refractivity (Wildman–Crippen MR) is 55.1 cm³/mol. The van der Waals surface area contributed by atoms with E-state index < -0.39 is 0 Å². The highest BCUT2D eigenvalue weighted by Crippen LogP contribution is 2.11. The first-order chi connectivity index (χ1) is 6.24. The van der Waals surface area contributed by atoms with Crippen LogP contribution in [0.4, 0.5) is 0 Å². The summed E-state index contributed by atoms with van der Waals surface area (Å²) in [5, 5.41) is 0. The summed E-state index contributed by atoms with van der Waals surface area (Å²) in [7, 11) is 0. The second kappa shape index (κ2) is 5.54. The van der Waals surface area contributed by atoms with Crippen molar-refractivity contribution in [3.8, 4) is 0 Å². The van der Waals surface area contributed by atoms with Gasteiger partial charge in [-0.3, -0.25) is 16.2 Å². The molecular formula is C9H22N4. The van der Waals surface area contributed by atoms with Crippen molar-refractivity contribution in [2.24, 2.45) is 11.6 Å². The molecule has 0 aromatic heterocycles. The molecule has 1 saturated heterocycles. The van der Waals surface area contributed by atoms with E-state index in [4.69, 9.17) is 11.6 Å². The maximum Gasteiger partial charge on any atom is 0.0251 e. The fourth-order valence-corrected chi connectivity index (χ4v) is 1.91. The monoisotopic (exact) mass is 186 g/mol. The summed E-state index contributed by atoms with van der Waals surface area (Å²) in [6.45, 7) is 5.21. The van der Waals surface area contributed by atoms with Gasteiger partial charge in [-0.15, -0.1) is 0 Å². The van der Waals surface area contributed by atoms with E-state index in [1.54, 1.807) is 0 Å². The highest BCUT2D eigenvalue weighted by atomic mass is 15.3. The van der Waals surface area contributed by atoms with Crippen LogP contribution in [0, 0.1) is 0 Å². The molecule has 0 spiro atoms. The lowest BCUT2D eigenvalue weighted by molar-refractivity contribution is 0.204. The molecule has 78 valence electrons. The van der Waals surface area contributed by atoms with E-state index >= 15 is 0 Å². The van der Waals surface area contributed by atoms with E-state index in [0.29, 0.717) is 12.1 Å². The van der Waals surface area contributed by atoms with Crippen molar-refractivity contribution in [3.05, 3.63) is 0 Å². The fraction of sp³-hybridized carbons (Fsp3) is 1.00. The molecule has 0 saturated carbocycles. The molecule has 13 heavy (non-hydrogen) atoms. The third-order valence-electron chi connectivity index (χ3n) is 2.78. The van der Waals surface area contributed by atoms with Crippen LogP contribution in [0.5, 0.6) is 0 Å². The van der Waals surface area contributed by atoms with Gasteiger partial charge in [-0.05, 0) is 26.3 Å². The lowest BCUT2D eigenvalue weighted by Crippen LogP contribution is -2.46. The third kappa shape index (κ3) is 3.60. The largest absolute Gasteiger partial charge is 0.327 e. The Hall–Kier alpha value is -0.160. The highest BCUT2D eigenvalue weighted by Gasteiger charge is 2.18. The third-order valence-corrected chi connectivity index (χ3v) is 2.78.